The van der Waals surface area contributed by atoms with Crippen molar-refractivity contribution in [1.29, 1.82) is 0 Å². The van der Waals surface area contributed by atoms with Gasteiger partial charge < -0.3 is 10.1 Å². The maximum atomic E-state index is 13.6. The Balaban J connectivity index is 1.76. The molecule has 1 N–H and O–H groups in total. The summed E-state index contributed by atoms with van der Waals surface area (Å²) in [5.41, 5.74) is 1.05. The highest BCUT2D eigenvalue weighted by molar-refractivity contribution is 7.98. The summed E-state index contributed by atoms with van der Waals surface area (Å²) in [7, 11) is -2.06. The average molecular weight is 489 g/mol. The molecule has 0 spiro atoms. The lowest BCUT2D eigenvalue weighted by molar-refractivity contribution is -0.121. The van der Waals surface area contributed by atoms with Gasteiger partial charge in [0.1, 0.15) is 11.6 Å². The second kappa shape index (κ2) is 12.2. The van der Waals surface area contributed by atoms with Gasteiger partial charge in [0, 0.05) is 31.0 Å². The largest absolute Gasteiger partial charge is 0.495 e. The van der Waals surface area contributed by atoms with Gasteiger partial charge in [0.25, 0.3) is 0 Å². The van der Waals surface area contributed by atoms with Gasteiger partial charge in [-0.05, 0) is 36.2 Å². The minimum absolute atomic E-state index is 0.150. The number of carbonyl (C=O) groups is 1. The SMILES string of the molecule is COc1ccc(N(CCCC(=O)NCCSCc2ccccc2F)S(C)(=O)=O)cc1Cl. The van der Waals surface area contributed by atoms with Crippen molar-refractivity contribution in [3.05, 3.63) is 58.9 Å². The molecule has 0 bridgehead atoms. The van der Waals surface area contributed by atoms with Crippen LogP contribution in [0.25, 0.3) is 0 Å². The van der Waals surface area contributed by atoms with Crippen molar-refractivity contribution in [1.82, 2.24) is 5.32 Å². The third-order valence-electron chi connectivity index (χ3n) is 4.37. The van der Waals surface area contributed by atoms with Gasteiger partial charge >= 0.3 is 0 Å². The summed E-state index contributed by atoms with van der Waals surface area (Å²) >= 11 is 7.64. The molecule has 0 saturated carbocycles. The Hall–Kier alpha value is -1.97. The normalized spacial score (nSPS) is 11.2. The third-order valence-corrected chi connectivity index (χ3v) is 6.87. The number of halogens is 2. The number of nitrogens with one attached hydrogen (secondary N) is 1. The van der Waals surface area contributed by atoms with Crippen molar-refractivity contribution in [2.75, 3.05) is 36.5 Å². The summed E-state index contributed by atoms with van der Waals surface area (Å²) < 4.78 is 44.2. The first-order chi connectivity index (χ1) is 14.7. The zero-order chi connectivity index (χ0) is 22.9. The smallest absolute Gasteiger partial charge is 0.232 e. The van der Waals surface area contributed by atoms with E-state index in [1.165, 1.54) is 35.3 Å². The number of sulfonamides is 1. The van der Waals surface area contributed by atoms with E-state index in [9.17, 15) is 17.6 Å². The predicted molar refractivity (Wildman–Crippen MR) is 125 cm³/mol. The molecule has 2 rings (SSSR count). The number of carbonyl (C=O) groups excluding carboxylic acids is 1. The molecule has 2 aromatic carbocycles. The van der Waals surface area contributed by atoms with Crippen molar-refractivity contribution < 1.29 is 22.3 Å². The van der Waals surface area contributed by atoms with Gasteiger partial charge in [0.05, 0.1) is 24.1 Å². The molecule has 0 aromatic heterocycles. The van der Waals surface area contributed by atoms with Crippen LogP contribution < -0.4 is 14.4 Å². The van der Waals surface area contributed by atoms with Gasteiger partial charge in [-0.2, -0.15) is 11.8 Å². The third kappa shape index (κ3) is 8.23. The van der Waals surface area contributed by atoms with E-state index in [2.05, 4.69) is 5.32 Å². The van der Waals surface area contributed by atoms with Gasteiger partial charge in [-0.1, -0.05) is 29.8 Å². The summed E-state index contributed by atoms with van der Waals surface area (Å²) in [5.74, 6) is 1.25. The van der Waals surface area contributed by atoms with Crippen LogP contribution in [0.1, 0.15) is 18.4 Å². The van der Waals surface area contributed by atoms with Crippen LogP contribution in [-0.2, 0) is 20.6 Å². The fourth-order valence-electron chi connectivity index (χ4n) is 2.83. The highest BCUT2D eigenvalue weighted by atomic mass is 35.5. The van der Waals surface area contributed by atoms with Crippen LogP contribution in [0.5, 0.6) is 5.75 Å². The summed E-state index contributed by atoms with van der Waals surface area (Å²) in [6, 6.07) is 11.3. The summed E-state index contributed by atoms with van der Waals surface area (Å²) in [5, 5.41) is 3.11. The number of methoxy groups -OCH3 is 1. The fraction of sp³-hybridized carbons (Fsp3) is 0.381. The summed E-state index contributed by atoms with van der Waals surface area (Å²) in [6.07, 6.45) is 1.65. The molecule has 2 aromatic rings. The van der Waals surface area contributed by atoms with Gasteiger partial charge in [-0.15, -0.1) is 0 Å². The second-order valence-electron chi connectivity index (χ2n) is 6.75. The lowest BCUT2D eigenvalue weighted by atomic mass is 10.2. The molecule has 31 heavy (non-hydrogen) atoms. The van der Waals surface area contributed by atoms with Crippen LogP contribution >= 0.6 is 23.4 Å². The number of ether oxygens (including phenoxy) is 1. The minimum Gasteiger partial charge on any atom is -0.495 e. The van der Waals surface area contributed by atoms with E-state index in [4.69, 9.17) is 16.3 Å². The van der Waals surface area contributed by atoms with E-state index in [1.54, 1.807) is 30.3 Å². The molecule has 0 unspecified atom stereocenters. The molecule has 0 atom stereocenters. The number of anilines is 1. The van der Waals surface area contributed by atoms with Crippen molar-refractivity contribution >= 4 is 45.0 Å². The Morgan fingerprint density at radius 2 is 2.00 bits per heavy atom. The summed E-state index contributed by atoms with van der Waals surface area (Å²) in [4.78, 5) is 12.0. The van der Waals surface area contributed by atoms with Gasteiger partial charge in [-0.3, -0.25) is 9.10 Å². The Morgan fingerprint density at radius 3 is 2.65 bits per heavy atom. The number of rotatable bonds is 12. The van der Waals surface area contributed by atoms with Crippen LogP contribution in [0.3, 0.4) is 0 Å². The second-order valence-corrected chi connectivity index (χ2v) is 10.2. The molecule has 0 aliphatic carbocycles. The average Bonchev–Trinajstić information content (AvgIpc) is 2.71. The van der Waals surface area contributed by atoms with E-state index in [0.29, 0.717) is 46.5 Å². The Labute approximate surface area is 192 Å². The highest BCUT2D eigenvalue weighted by Crippen LogP contribution is 2.30. The van der Waals surface area contributed by atoms with Crippen molar-refractivity contribution in [3.8, 4) is 5.75 Å². The van der Waals surface area contributed by atoms with E-state index in [-0.39, 0.29) is 24.7 Å². The molecule has 10 heteroatoms. The van der Waals surface area contributed by atoms with Gasteiger partial charge in [-0.25, -0.2) is 12.8 Å². The molecular formula is C21H26ClFN2O4S2. The first-order valence-corrected chi connectivity index (χ1v) is 13.0. The lowest BCUT2D eigenvalue weighted by Gasteiger charge is -2.23. The first kappa shape index (κ1) is 25.3. The maximum Gasteiger partial charge on any atom is 0.232 e. The van der Waals surface area contributed by atoms with Crippen molar-refractivity contribution in [3.63, 3.8) is 0 Å². The van der Waals surface area contributed by atoms with Crippen LogP contribution in [-0.4, -0.2) is 46.5 Å². The quantitative estimate of drug-likeness (QED) is 0.455. The summed E-state index contributed by atoms with van der Waals surface area (Å²) in [6.45, 7) is 0.610. The number of hydrogen-bond donors (Lipinski definition) is 1. The number of hydrogen-bond acceptors (Lipinski definition) is 5. The lowest BCUT2D eigenvalue weighted by Crippen LogP contribution is -2.32. The molecule has 0 saturated heterocycles. The molecule has 0 radical (unpaired) electrons. The van der Waals surface area contributed by atoms with E-state index >= 15 is 0 Å². The van der Waals surface area contributed by atoms with Crippen LogP contribution in [0, 0.1) is 5.82 Å². The zero-order valence-electron chi connectivity index (χ0n) is 17.4. The molecule has 0 heterocycles. The molecule has 0 aliphatic heterocycles. The molecule has 170 valence electrons. The van der Waals surface area contributed by atoms with Crippen LogP contribution in [0.15, 0.2) is 42.5 Å². The predicted octanol–water partition coefficient (Wildman–Crippen LogP) is 4.08. The van der Waals surface area contributed by atoms with Crippen molar-refractivity contribution in [2.24, 2.45) is 0 Å². The highest BCUT2D eigenvalue weighted by Gasteiger charge is 2.19. The minimum atomic E-state index is -3.54. The monoisotopic (exact) mass is 488 g/mol. The van der Waals surface area contributed by atoms with E-state index in [1.807, 2.05) is 0 Å². The van der Waals surface area contributed by atoms with E-state index in [0.717, 1.165) is 6.26 Å². The number of benzene rings is 2. The molecule has 6 nitrogen and oxygen atoms in total. The van der Waals surface area contributed by atoms with Gasteiger partial charge in [0.2, 0.25) is 15.9 Å². The van der Waals surface area contributed by atoms with E-state index < -0.39 is 10.0 Å². The van der Waals surface area contributed by atoms with Crippen LogP contribution in [0.4, 0.5) is 10.1 Å². The molecular weight excluding hydrogens is 463 g/mol. The number of amides is 1. The molecule has 0 aliphatic rings. The Kier molecular flexibility index (Phi) is 9.93. The van der Waals surface area contributed by atoms with Crippen LogP contribution in [0.2, 0.25) is 5.02 Å². The molecule has 0 fully saturated rings. The van der Waals surface area contributed by atoms with Crippen molar-refractivity contribution in [2.45, 2.75) is 18.6 Å². The number of nitrogens with zero attached hydrogens (tertiary/aromatic N) is 1. The van der Waals surface area contributed by atoms with Gasteiger partial charge in [0.15, 0.2) is 0 Å². The first-order valence-electron chi connectivity index (χ1n) is 9.61. The maximum absolute atomic E-state index is 13.6. The zero-order valence-corrected chi connectivity index (χ0v) is 19.8. The number of thioether (sulfide) groups is 1. The topological polar surface area (TPSA) is 75.7 Å². The fourth-order valence-corrected chi connectivity index (χ4v) is 4.88. The molecule has 1 amide bonds. The Bertz CT molecular complexity index is 989. The Morgan fingerprint density at radius 1 is 1.26 bits per heavy atom. The standard InChI is InChI=1S/C21H26ClFN2O4S2/c1-29-20-10-9-17(14-18(20)22)25(31(2,27)28)12-5-8-21(26)24-11-13-30-15-16-6-3-4-7-19(16)23/h3-4,6-7,9-10,14H,5,8,11-13,15H2,1-2H3,(H,24,26).